The number of hydrogen-bond acceptors (Lipinski definition) is 3. The Labute approximate surface area is 207 Å². The van der Waals surface area contributed by atoms with Gasteiger partial charge >= 0.3 is 0 Å². The summed E-state index contributed by atoms with van der Waals surface area (Å²) in [5, 5.41) is 9.44. The number of aromatic nitrogens is 2. The molecule has 0 unspecified atom stereocenters. The van der Waals surface area contributed by atoms with E-state index in [9.17, 15) is 10.1 Å². The lowest BCUT2D eigenvalue weighted by Gasteiger charge is -2.16. The van der Waals surface area contributed by atoms with Gasteiger partial charge in [0.1, 0.15) is 5.82 Å². The number of nitrogens with zero attached hydrogens (tertiary/aromatic N) is 3. The summed E-state index contributed by atoms with van der Waals surface area (Å²) in [4.78, 5) is 18.8. The van der Waals surface area contributed by atoms with Crippen LogP contribution in [0.3, 0.4) is 0 Å². The summed E-state index contributed by atoms with van der Waals surface area (Å²) in [5.74, 6) is 0.724. The lowest BCUT2D eigenvalue weighted by Crippen LogP contribution is -2.28. The molecule has 0 aliphatic carbocycles. The Morgan fingerprint density at radius 2 is 1.71 bits per heavy atom. The molecule has 0 saturated heterocycles. The van der Waals surface area contributed by atoms with E-state index in [0.29, 0.717) is 12.0 Å². The fourth-order valence-corrected chi connectivity index (χ4v) is 4.50. The van der Waals surface area contributed by atoms with E-state index in [0.717, 1.165) is 65.1 Å². The van der Waals surface area contributed by atoms with Crippen LogP contribution in [0.4, 0.5) is 0 Å². The Balaban J connectivity index is 1.75. The molecule has 0 N–H and O–H groups in total. The lowest BCUT2D eigenvalue weighted by atomic mass is 9.96. The topological polar surface area (TPSA) is 58.7 Å². The minimum Gasteiger partial charge on any atom is -0.269 e. The van der Waals surface area contributed by atoms with Crippen molar-refractivity contribution in [2.75, 3.05) is 0 Å². The standard InChI is InChI=1S/C31H31N3O/c1-4-6-14-30-29(31(35)34(22(3)33-30)27-12-9-10-23(5-2)19-27)20-24-15-17-25(18-16-24)28-13-8-7-11-26(28)21-32/h7-13,15-19H,4-6,14,20H2,1-3H3. The molecule has 176 valence electrons. The minimum absolute atomic E-state index is 0.00996. The van der Waals surface area contributed by atoms with Gasteiger partial charge in [-0.1, -0.05) is 74.9 Å². The van der Waals surface area contributed by atoms with E-state index in [2.05, 4.69) is 44.2 Å². The van der Waals surface area contributed by atoms with Gasteiger partial charge in [-0.3, -0.25) is 9.36 Å². The third-order valence-electron chi connectivity index (χ3n) is 6.47. The van der Waals surface area contributed by atoms with Crippen molar-refractivity contribution in [3.05, 3.63) is 117 Å². The SMILES string of the molecule is CCCCc1nc(C)n(-c2cccc(CC)c2)c(=O)c1Cc1ccc(-c2ccccc2C#N)cc1. The Hall–Kier alpha value is -3.97. The van der Waals surface area contributed by atoms with E-state index in [1.807, 2.05) is 55.5 Å². The highest BCUT2D eigenvalue weighted by atomic mass is 16.1. The van der Waals surface area contributed by atoms with E-state index < -0.39 is 0 Å². The molecular weight excluding hydrogens is 430 g/mol. The van der Waals surface area contributed by atoms with E-state index in [-0.39, 0.29) is 5.56 Å². The monoisotopic (exact) mass is 461 g/mol. The largest absolute Gasteiger partial charge is 0.269 e. The second kappa shape index (κ2) is 11.0. The fourth-order valence-electron chi connectivity index (χ4n) is 4.50. The molecule has 0 fully saturated rings. The van der Waals surface area contributed by atoms with E-state index in [1.54, 1.807) is 4.57 Å². The molecule has 0 spiro atoms. The smallest absolute Gasteiger partial charge is 0.261 e. The number of nitriles is 1. The van der Waals surface area contributed by atoms with Gasteiger partial charge in [0.2, 0.25) is 0 Å². The molecule has 0 aliphatic heterocycles. The van der Waals surface area contributed by atoms with Crippen LogP contribution < -0.4 is 5.56 Å². The van der Waals surface area contributed by atoms with Crippen LogP contribution >= 0.6 is 0 Å². The van der Waals surface area contributed by atoms with E-state index in [1.165, 1.54) is 5.56 Å². The van der Waals surface area contributed by atoms with Gasteiger partial charge in [-0.15, -0.1) is 0 Å². The van der Waals surface area contributed by atoms with Gasteiger partial charge in [-0.25, -0.2) is 4.98 Å². The van der Waals surface area contributed by atoms with Crippen molar-refractivity contribution in [3.63, 3.8) is 0 Å². The number of rotatable bonds is 8. The highest BCUT2D eigenvalue weighted by Crippen LogP contribution is 2.24. The molecule has 0 saturated carbocycles. The van der Waals surface area contributed by atoms with Crippen molar-refractivity contribution in [2.24, 2.45) is 0 Å². The summed E-state index contributed by atoms with van der Waals surface area (Å²) in [6.45, 7) is 6.19. The normalized spacial score (nSPS) is 10.8. The van der Waals surface area contributed by atoms with Crippen molar-refractivity contribution in [1.29, 1.82) is 5.26 Å². The summed E-state index contributed by atoms with van der Waals surface area (Å²) in [7, 11) is 0. The summed E-state index contributed by atoms with van der Waals surface area (Å²) in [6.07, 6.45) is 4.29. The van der Waals surface area contributed by atoms with Crippen LogP contribution in [0, 0.1) is 18.3 Å². The zero-order valence-electron chi connectivity index (χ0n) is 20.7. The van der Waals surface area contributed by atoms with Crippen molar-refractivity contribution >= 4 is 0 Å². The quantitative estimate of drug-likeness (QED) is 0.298. The zero-order chi connectivity index (χ0) is 24.8. The molecule has 35 heavy (non-hydrogen) atoms. The highest BCUT2D eigenvalue weighted by molar-refractivity contribution is 5.70. The molecule has 3 aromatic carbocycles. The molecule has 4 rings (SSSR count). The van der Waals surface area contributed by atoms with Gasteiger partial charge in [0.15, 0.2) is 0 Å². The van der Waals surface area contributed by atoms with Crippen LogP contribution in [-0.4, -0.2) is 9.55 Å². The number of benzene rings is 3. The summed E-state index contributed by atoms with van der Waals surface area (Å²) in [6, 6.07) is 26.2. The number of unbranched alkanes of at least 4 members (excludes halogenated alkanes) is 1. The van der Waals surface area contributed by atoms with Crippen molar-refractivity contribution in [3.8, 4) is 22.9 Å². The van der Waals surface area contributed by atoms with Crippen LogP contribution in [0.1, 0.15) is 60.5 Å². The predicted molar refractivity (Wildman–Crippen MR) is 142 cm³/mol. The summed E-state index contributed by atoms with van der Waals surface area (Å²) in [5.41, 5.74) is 7.35. The highest BCUT2D eigenvalue weighted by Gasteiger charge is 2.17. The molecule has 4 nitrogen and oxygen atoms in total. The number of aryl methyl sites for hydroxylation is 3. The van der Waals surface area contributed by atoms with Gasteiger partial charge in [0.05, 0.1) is 23.0 Å². The molecule has 1 aromatic heterocycles. The average molecular weight is 462 g/mol. The van der Waals surface area contributed by atoms with E-state index in [4.69, 9.17) is 4.98 Å². The fraction of sp³-hybridized carbons (Fsp3) is 0.258. The van der Waals surface area contributed by atoms with Gasteiger partial charge < -0.3 is 0 Å². The maximum Gasteiger partial charge on any atom is 0.261 e. The van der Waals surface area contributed by atoms with Crippen molar-refractivity contribution in [2.45, 2.75) is 52.9 Å². The van der Waals surface area contributed by atoms with Crippen LogP contribution in [-0.2, 0) is 19.3 Å². The van der Waals surface area contributed by atoms with E-state index >= 15 is 0 Å². The Morgan fingerprint density at radius 3 is 2.43 bits per heavy atom. The lowest BCUT2D eigenvalue weighted by molar-refractivity contribution is 0.733. The Bertz CT molecular complexity index is 1430. The molecule has 0 amide bonds. The second-order valence-corrected chi connectivity index (χ2v) is 8.88. The average Bonchev–Trinajstić information content (AvgIpc) is 2.89. The third-order valence-corrected chi connectivity index (χ3v) is 6.47. The van der Waals surface area contributed by atoms with Crippen LogP contribution in [0.2, 0.25) is 0 Å². The van der Waals surface area contributed by atoms with Gasteiger partial charge in [0, 0.05) is 12.0 Å². The molecular formula is C31H31N3O. The van der Waals surface area contributed by atoms with Crippen LogP contribution in [0.15, 0.2) is 77.6 Å². The van der Waals surface area contributed by atoms with Crippen LogP contribution in [0.5, 0.6) is 0 Å². The zero-order valence-corrected chi connectivity index (χ0v) is 20.7. The van der Waals surface area contributed by atoms with Gasteiger partial charge in [-0.05, 0) is 66.6 Å². The first-order valence-electron chi connectivity index (χ1n) is 12.3. The second-order valence-electron chi connectivity index (χ2n) is 8.88. The molecule has 4 aromatic rings. The molecule has 0 atom stereocenters. The first-order valence-corrected chi connectivity index (χ1v) is 12.3. The first kappa shape index (κ1) is 24.2. The van der Waals surface area contributed by atoms with Gasteiger partial charge in [0.25, 0.3) is 5.56 Å². The summed E-state index contributed by atoms with van der Waals surface area (Å²) >= 11 is 0. The molecule has 1 heterocycles. The first-order chi connectivity index (χ1) is 17.0. The maximum absolute atomic E-state index is 13.8. The molecule has 4 heteroatoms. The van der Waals surface area contributed by atoms with Crippen LogP contribution in [0.25, 0.3) is 16.8 Å². The molecule has 0 radical (unpaired) electrons. The third kappa shape index (κ3) is 5.25. The predicted octanol–water partition coefficient (Wildman–Crippen LogP) is 6.58. The van der Waals surface area contributed by atoms with Gasteiger partial charge in [-0.2, -0.15) is 5.26 Å². The molecule has 0 bridgehead atoms. The van der Waals surface area contributed by atoms with Crippen molar-refractivity contribution < 1.29 is 0 Å². The Kier molecular flexibility index (Phi) is 7.57. The minimum atomic E-state index is 0.00996. The Morgan fingerprint density at radius 1 is 0.943 bits per heavy atom. The maximum atomic E-state index is 13.8. The van der Waals surface area contributed by atoms with Crippen molar-refractivity contribution in [1.82, 2.24) is 9.55 Å². The molecule has 0 aliphatic rings. The summed E-state index contributed by atoms with van der Waals surface area (Å²) < 4.78 is 1.75. The number of hydrogen-bond donors (Lipinski definition) is 0.